The third-order valence-corrected chi connectivity index (χ3v) is 5.44. The second kappa shape index (κ2) is 7.87. The Morgan fingerprint density at radius 3 is 2.76 bits per heavy atom. The first kappa shape index (κ1) is 20.4. The van der Waals surface area contributed by atoms with E-state index in [4.69, 9.17) is 4.74 Å². The number of carbonyl (C=O) groups excluding carboxylic acids is 1. The summed E-state index contributed by atoms with van der Waals surface area (Å²) in [5, 5.41) is 17.6. The summed E-state index contributed by atoms with van der Waals surface area (Å²) in [6.07, 6.45) is 6.96. The number of hydrogen-bond acceptors (Lipinski definition) is 5. The Bertz CT molecular complexity index is 1450. The van der Waals surface area contributed by atoms with Gasteiger partial charge in [-0.05, 0) is 29.8 Å². The molecule has 0 saturated heterocycles. The summed E-state index contributed by atoms with van der Waals surface area (Å²) in [7, 11) is 0. The number of fused-ring (bicyclic) bond motifs is 2. The number of carbonyl (C=O) groups is 1. The lowest BCUT2D eigenvalue weighted by molar-refractivity contribution is -0.114. The van der Waals surface area contributed by atoms with Crippen LogP contribution in [-0.4, -0.2) is 38.5 Å². The van der Waals surface area contributed by atoms with Gasteiger partial charge in [0.1, 0.15) is 18.4 Å². The average molecular weight is 446 g/mol. The number of nitrogens with zero attached hydrogens (tertiary/aromatic N) is 6. The van der Waals surface area contributed by atoms with E-state index in [2.05, 4.69) is 22.8 Å². The van der Waals surface area contributed by atoms with Crippen molar-refractivity contribution >= 4 is 17.1 Å². The van der Waals surface area contributed by atoms with Gasteiger partial charge in [0.05, 0.1) is 35.7 Å². The molecule has 10 heteroatoms. The van der Waals surface area contributed by atoms with Crippen LogP contribution >= 0.6 is 0 Å². The molecular weight excluding hydrogens is 430 g/mol. The van der Waals surface area contributed by atoms with Crippen LogP contribution in [0.4, 0.5) is 14.5 Å². The number of alkyl halides is 2. The fraction of sp³-hybridized carbons (Fsp3) is 0.130. The summed E-state index contributed by atoms with van der Waals surface area (Å²) in [5.41, 5.74) is 3.99. The Morgan fingerprint density at radius 1 is 1.18 bits per heavy atom. The van der Waals surface area contributed by atoms with Crippen LogP contribution in [0.5, 0.6) is 5.75 Å². The van der Waals surface area contributed by atoms with Crippen LogP contribution in [0.25, 0.3) is 27.8 Å². The first-order valence-electron chi connectivity index (χ1n) is 9.95. The summed E-state index contributed by atoms with van der Waals surface area (Å²) >= 11 is 0. The van der Waals surface area contributed by atoms with Crippen molar-refractivity contribution < 1.29 is 18.3 Å². The van der Waals surface area contributed by atoms with Crippen molar-refractivity contribution in [3.63, 3.8) is 0 Å². The third kappa shape index (κ3) is 3.40. The highest BCUT2D eigenvalue weighted by Gasteiger charge is 2.23. The lowest BCUT2D eigenvalue weighted by atomic mass is 9.99. The number of amides is 1. The van der Waals surface area contributed by atoms with Gasteiger partial charge in [-0.15, -0.1) is 0 Å². The lowest BCUT2D eigenvalue weighted by Crippen LogP contribution is -2.36. The quantitative estimate of drug-likeness (QED) is 0.442. The second-order valence-electron chi connectivity index (χ2n) is 7.32. The molecule has 0 bridgehead atoms. The standard InChI is InChI=1S/C23H16F2N6O2/c1-2-21(32)29-5-6-33-20-8-14(3-4-19(20)29)18-7-15(17-11-28-31(13-17)23(24)25)12-30-22(18)16(9-26)10-27-30/h2-4,7-8,10-13,23H,1,5-6H2. The molecule has 164 valence electrons. The van der Waals surface area contributed by atoms with Crippen LogP contribution in [0, 0.1) is 11.3 Å². The zero-order valence-corrected chi connectivity index (χ0v) is 17.2. The van der Waals surface area contributed by atoms with Crippen molar-refractivity contribution in [1.82, 2.24) is 19.4 Å². The summed E-state index contributed by atoms with van der Waals surface area (Å²) < 4.78 is 33.9. The molecule has 0 unspecified atom stereocenters. The van der Waals surface area contributed by atoms with Crippen molar-refractivity contribution in [3.8, 4) is 34.1 Å². The number of halogens is 2. The molecule has 3 aromatic heterocycles. The van der Waals surface area contributed by atoms with E-state index in [0.29, 0.717) is 62.6 Å². The minimum Gasteiger partial charge on any atom is -0.490 e. The topological polar surface area (TPSA) is 88.5 Å². The van der Waals surface area contributed by atoms with E-state index in [1.807, 2.05) is 6.07 Å². The average Bonchev–Trinajstić information content (AvgIpc) is 3.49. The second-order valence-corrected chi connectivity index (χ2v) is 7.32. The van der Waals surface area contributed by atoms with E-state index in [9.17, 15) is 18.8 Å². The van der Waals surface area contributed by atoms with E-state index < -0.39 is 6.55 Å². The fourth-order valence-corrected chi connectivity index (χ4v) is 3.90. The maximum atomic E-state index is 13.0. The molecule has 0 fully saturated rings. The molecule has 0 aliphatic carbocycles. The van der Waals surface area contributed by atoms with Gasteiger partial charge in [0, 0.05) is 29.1 Å². The van der Waals surface area contributed by atoms with E-state index in [1.54, 1.807) is 29.3 Å². The molecule has 8 nitrogen and oxygen atoms in total. The number of nitriles is 1. The van der Waals surface area contributed by atoms with E-state index in [0.717, 1.165) is 0 Å². The van der Waals surface area contributed by atoms with Crippen LogP contribution < -0.4 is 9.64 Å². The minimum absolute atomic E-state index is 0.227. The Balaban J connectivity index is 1.68. The SMILES string of the molecule is C=CC(=O)N1CCOc2cc(-c3cc(-c4cnn(C(F)F)c4)cn4ncc(C#N)c34)ccc21. The smallest absolute Gasteiger partial charge is 0.333 e. The Kier molecular flexibility index (Phi) is 4.86. The van der Waals surface area contributed by atoms with Crippen molar-refractivity contribution in [2.45, 2.75) is 6.55 Å². The number of ether oxygens (including phenoxy) is 1. The van der Waals surface area contributed by atoms with Gasteiger partial charge >= 0.3 is 6.55 Å². The summed E-state index contributed by atoms with van der Waals surface area (Å²) in [5.74, 6) is 0.288. The number of aromatic nitrogens is 4. The van der Waals surface area contributed by atoms with Crippen molar-refractivity contribution in [3.05, 3.63) is 67.3 Å². The maximum absolute atomic E-state index is 13.0. The van der Waals surface area contributed by atoms with Gasteiger partial charge in [0.25, 0.3) is 5.91 Å². The van der Waals surface area contributed by atoms with Gasteiger partial charge < -0.3 is 9.64 Å². The first-order chi connectivity index (χ1) is 16.0. The summed E-state index contributed by atoms with van der Waals surface area (Å²) in [6, 6.07) is 9.30. The number of anilines is 1. The van der Waals surface area contributed by atoms with Crippen LogP contribution in [0.3, 0.4) is 0 Å². The zero-order valence-electron chi connectivity index (χ0n) is 17.2. The Hall–Kier alpha value is -4.52. The molecule has 4 aromatic rings. The van der Waals surface area contributed by atoms with E-state index >= 15 is 0 Å². The minimum atomic E-state index is -2.75. The molecule has 0 saturated carbocycles. The van der Waals surface area contributed by atoms with Crippen molar-refractivity contribution in [2.75, 3.05) is 18.1 Å². The van der Waals surface area contributed by atoms with E-state index in [-0.39, 0.29) is 5.91 Å². The van der Waals surface area contributed by atoms with Crippen LogP contribution in [-0.2, 0) is 4.79 Å². The normalized spacial score (nSPS) is 13.0. The van der Waals surface area contributed by atoms with Gasteiger partial charge in [-0.3, -0.25) is 4.79 Å². The highest BCUT2D eigenvalue weighted by atomic mass is 19.3. The van der Waals surface area contributed by atoms with Crippen molar-refractivity contribution in [1.29, 1.82) is 5.26 Å². The Labute approximate surface area is 186 Å². The van der Waals surface area contributed by atoms with Crippen LogP contribution in [0.1, 0.15) is 12.1 Å². The molecule has 1 amide bonds. The predicted octanol–water partition coefficient (Wildman–Crippen LogP) is 4.04. The van der Waals surface area contributed by atoms with Gasteiger partial charge in [-0.2, -0.15) is 24.2 Å². The fourth-order valence-electron chi connectivity index (χ4n) is 3.90. The first-order valence-corrected chi connectivity index (χ1v) is 9.95. The molecule has 0 spiro atoms. The maximum Gasteiger partial charge on any atom is 0.333 e. The summed E-state index contributed by atoms with van der Waals surface area (Å²) in [6.45, 7) is 1.53. The highest BCUT2D eigenvalue weighted by Crippen LogP contribution is 2.39. The van der Waals surface area contributed by atoms with Crippen molar-refractivity contribution in [2.24, 2.45) is 0 Å². The highest BCUT2D eigenvalue weighted by molar-refractivity contribution is 6.03. The molecule has 0 radical (unpaired) electrons. The molecule has 0 atom stereocenters. The largest absolute Gasteiger partial charge is 0.490 e. The molecule has 1 aromatic carbocycles. The molecule has 0 N–H and O–H groups in total. The number of benzene rings is 1. The molecule has 33 heavy (non-hydrogen) atoms. The van der Waals surface area contributed by atoms with Crippen LogP contribution in [0.15, 0.2) is 61.7 Å². The zero-order chi connectivity index (χ0) is 23.1. The molecule has 1 aliphatic heterocycles. The van der Waals surface area contributed by atoms with Gasteiger partial charge in [0.2, 0.25) is 0 Å². The van der Waals surface area contributed by atoms with E-state index in [1.165, 1.54) is 29.2 Å². The third-order valence-electron chi connectivity index (χ3n) is 5.44. The molecule has 1 aliphatic rings. The number of pyridine rings is 1. The van der Waals surface area contributed by atoms with Crippen LogP contribution in [0.2, 0.25) is 0 Å². The lowest BCUT2D eigenvalue weighted by Gasteiger charge is -2.29. The monoisotopic (exact) mass is 446 g/mol. The van der Waals surface area contributed by atoms with Gasteiger partial charge in [-0.1, -0.05) is 12.6 Å². The summed E-state index contributed by atoms with van der Waals surface area (Å²) in [4.78, 5) is 13.8. The van der Waals surface area contributed by atoms with Gasteiger partial charge in [-0.25, -0.2) is 9.20 Å². The Morgan fingerprint density at radius 2 is 2.03 bits per heavy atom. The number of hydrogen-bond donors (Lipinski definition) is 0. The molecule has 4 heterocycles. The predicted molar refractivity (Wildman–Crippen MR) is 116 cm³/mol. The molecular formula is C23H16F2N6O2. The number of rotatable bonds is 4. The van der Waals surface area contributed by atoms with Gasteiger partial charge in [0.15, 0.2) is 0 Å². The molecule has 5 rings (SSSR count).